The molecular formula is C16H13IN2O2. The van der Waals surface area contributed by atoms with E-state index in [1.54, 1.807) is 12.1 Å². The van der Waals surface area contributed by atoms with Gasteiger partial charge in [0.2, 0.25) is 0 Å². The van der Waals surface area contributed by atoms with E-state index in [1.807, 2.05) is 41.8 Å². The molecule has 1 N–H and O–H groups in total. The van der Waals surface area contributed by atoms with Crippen molar-refractivity contribution in [1.82, 2.24) is 9.55 Å². The summed E-state index contributed by atoms with van der Waals surface area (Å²) in [5, 5.41) is 9.44. The number of hydrogen-bond donors (Lipinski definition) is 1. The SMILES string of the molecule is CCc1nc2cccc(C(=O)O)c2n1-c1ccc(I)cc1. The van der Waals surface area contributed by atoms with E-state index < -0.39 is 5.97 Å². The number of nitrogens with zero attached hydrogens (tertiary/aromatic N) is 2. The number of rotatable bonds is 3. The standard InChI is InChI=1S/C16H13IN2O2/c1-2-14-18-13-5-3-4-12(16(20)21)15(13)19(14)11-8-6-10(17)7-9-11/h3-9H,2H2,1H3,(H,20,21). The fraction of sp³-hybridized carbons (Fsp3) is 0.125. The average molecular weight is 392 g/mol. The van der Waals surface area contributed by atoms with Crippen LogP contribution >= 0.6 is 22.6 Å². The van der Waals surface area contributed by atoms with E-state index in [4.69, 9.17) is 0 Å². The first kappa shape index (κ1) is 14.1. The number of imidazole rings is 1. The van der Waals surface area contributed by atoms with E-state index >= 15 is 0 Å². The molecule has 0 aliphatic rings. The minimum atomic E-state index is -0.935. The van der Waals surface area contributed by atoms with Crippen molar-refractivity contribution in [2.75, 3.05) is 0 Å². The molecule has 21 heavy (non-hydrogen) atoms. The minimum Gasteiger partial charge on any atom is -0.478 e. The lowest BCUT2D eigenvalue weighted by molar-refractivity contribution is 0.0698. The molecule has 0 bridgehead atoms. The van der Waals surface area contributed by atoms with E-state index in [1.165, 1.54) is 0 Å². The molecule has 106 valence electrons. The number of hydrogen-bond acceptors (Lipinski definition) is 2. The first-order chi connectivity index (χ1) is 10.1. The molecule has 0 aliphatic carbocycles. The van der Waals surface area contributed by atoms with Crippen LogP contribution in [0.3, 0.4) is 0 Å². The number of aromatic carboxylic acids is 1. The highest BCUT2D eigenvalue weighted by atomic mass is 127. The van der Waals surface area contributed by atoms with E-state index in [0.29, 0.717) is 11.0 Å². The van der Waals surface area contributed by atoms with Crippen LogP contribution in [0.5, 0.6) is 0 Å². The van der Waals surface area contributed by atoms with Gasteiger partial charge in [0.05, 0.1) is 16.6 Å². The summed E-state index contributed by atoms with van der Waals surface area (Å²) in [4.78, 5) is 16.1. The maximum atomic E-state index is 11.5. The highest BCUT2D eigenvalue weighted by Crippen LogP contribution is 2.25. The van der Waals surface area contributed by atoms with Gasteiger partial charge in [0.1, 0.15) is 5.82 Å². The Morgan fingerprint density at radius 2 is 1.95 bits per heavy atom. The Bertz CT molecular complexity index is 822. The second-order valence-electron chi connectivity index (χ2n) is 4.67. The van der Waals surface area contributed by atoms with Crippen LogP contribution in [0, 0.1) is 3.57 Å². The van der Waals surface area contributed by atoms with Gasteiger partial charge in [-0.1, -0.05) is 13.0 Å². The van der Waals surface area contributed by atoms with Crippen molar-refractivity contribution in [2.24, 2.45) is 0 Å². The Labute approximate surface area is 135 Å². The fourth-order valence-corrected chi connectivity index (χ4v) is 2.81. The molecule has 0 radical (unpaired) electrons. The molecule has 0 aliphatic heterocycles. The van der Waals surface area contributed by atoms with Crippen LogP contribution in [0.4, 0.5) is 0 Å². The van der Waals surface area contributed by atoms with Crippen molar-refractivity contribution < 1.29 is 9.90 Å². The molecule has 0 fully saturated rings. The molecule has 3 aromatic rings. The Morgan fingerprint density at radius 3 is 2.57 bits per heavy atom. The number of carbonyl (C=O) groups is 1. The van der Waals surface area contributed by atoms with Crippen LogP contribution in [0.2, 0.25) is 0 Å². The highest BCUT2D eigenvalue weighted by Gasteiger charge is 2.17. The summed E-state index contributed by atoms with van der Waals surface area (Å²) in [6.07, 6.45) is 0.736. The fourth-order valence-electron chi connectivity index (χ4n) is 2.45. The van der Waals surface area contributed by atoms with Crippen LogP contribution < -0.4 is 0 Å². The molecule has 0 unspecified atom stereocenters. The zero-order valence-corrected chi connectivity index (χ0v) is 13.5. The molecular weight excluding hydrogens is 379 g/mol. The summed E-state index contributed by atoms with van der Waals surface area (Å²) in [5.41, 5.74) is 2.58. The van der Waals surface area contributed by atoms with Gasteiger partial charge in [-0.2, -0.15) is 0 Å². The predicted octanol–water partition coefficient (Wildman–Crippen LogP) is 3.89. The number of aryl methyl sites for hydroxylation is 1. The smallest absolute Gasteiger partial charge is 0.337 e. The number of aromatic nitrogens is 2. The van der Waals surface area contributed by atoms with Gasteiger partial charge in [0, 0.05) is 15.7 Å². The monoisotopic (exact) mass is 392 g/mol. The number of para-hydroxylation sites is 1. The first-order valence-electron chi connectivity index (χ1n) is 6.61. The Morgan fingerprint density at radius 1 is 1.24 bits per heavy atom. The Kier molecular flexibility index (Phi) is 3.67. The molecule has 0 spiro atoms. The van der Waals surface area contributed by atoms with Crippen molar-refractivity contribution >= 4 is 39.6 Å². The first-order valence-corrected chi connectivity index (χ1v) is 7.69. The second kappa shape index (κ2) is 5.48. The average Bonchev–Trinajstić information content (AvgIpc) is 2.86. The summed E-state index contributed by atoms with van der Waals surface area (Å²) in [5.74, 6) is -0.0742. The third kappa shape index (κ3) is 2.42. The molecule has 2 aromatic carbocycles. The Balaban J connectivity index is 2.38. The lowest BCUT2D eigenvalue weighted by atomic mass is 10.1. The predicted molar refractivity (Wildman–Crippen MR) is 90.1 cm³/mol. The van der Waals surface area contributed by atoms with Gasteiger partial charge >= 0.3 is 5.97 Å². The van der Waals surface area contributed by atoms with Crippen molar-refractivity contribution in [1.29, 1.82) is 0 Å². The normalized spacial score (nSPS) is 11.0. The zero-order chi connectivity index (χ0) is 15.0. The maximum Gasteiger partial charge on any atom is 0.337 e. The summed E-state index contributed by atoms with van der Waals surface area (Å²) >= 11 is 2.25. The van der Waals surface area contributed by atoms with Gasteiger partial charge in [-0.25, -0.2) is 9.78 Å². The van der Waals surface area contributed by atoms with Crippen molar-refractivity contribution in [3.8, 4) is 5.69 Å². The molecule has 5 heteroatoms. The third-order valence-electron chi connectivity index (χ3n) is 3.38. The summed E-state index contributed by atoms with van der Waals surface area (Å²) < 4.78 is 3.08. The number of carboxylic acids is 1. The summed E-state index contributed by atoms with van der Waals surface area (Å²) in [7, 11) is 0. The minimum absolute atomic E-state index is 0.276. The molecule has 1 aromatic heterocycles. The van der Waals surface area contributed by atoms with Gasteiger partial charge in [-0.3, -0.25) is 4.57 Å². The van der Waals surface area contributed by atoms with Crippen molar-refractivity contribution in [3.05, 3.63) is 57.4 Å². The van der Waals surface area contributed by atoms with E-state index in [2.05, 4.69) is 27.6 Å². The maximum absolute atomic E-state index is 11.5. The van der Waals surface area contributed by atoms with Crippen molar-refractivity contribution in [2.45, 2.75) is 13.3 Å². The van der Waals surface area contributed by atoms with Crippen LogP contribution in [0.15, 0.2) is 42.5 Å². The lowest BCUT2D eigenvalue weighted by Gasteiger charge is -2.10. The van der Waals surface area contributed by atoms with Crippen LogP contribution in [0.1, 0.15) is 23.1 Å². The van der Waals surface area contributed by atoms with E-state index in [0.717, 1.165) is 21.5 Å². The van der Waals surface area contributed by atoms with E-state index in [9.17, 15) is 9.90 Å². The van der Waals surface area contributed by atoms with Crippen LogP contribution in [-0.2, 0) is 6.42 Å². The molecule has 0 amide bonds. The molecule has 1 heterocycles. The zero-order valence-electron chi connectivity index (χ0n) is 11.4. The molecule has 0 saturated heterocycles. The lowest BCUT2D eigenvalue weighted by Crippen LogP contribution is -2.04. The van der Waals surface area contributed by atoms with Crippen molar-refractivity contribution in [3.63, 3.8) is 0 Å². The van der Waals surface area contributed by atoms with Gasteiger partial charge in [0.25, 0.3) is 0 Å². The van der Waals surface area contributed by atoms with Crippen LogP contribution in [-0.4, -0.2) is 20.6 Å². The largest absolute Gasteiger partial charge is 0.478 e. The number of benzene rings is 2. The second-order valence-corrected chi connectivity index (χ2v) is 5.92. The van der Waals surface area contributed by atoms with Crippen LogP contribution in [0.25, 0.3) is 16.7 Å². The Hall–Kier alpha value is -1.89. The van der Waals surface area contributed by atoms with Gasteiger partial charge < -0.3 is 5.11 Å². The highest BCUT2D eigenvalue weighted by molar-refractivity contribution is 14.1. The number of fused-ring (bicyclic) bond motifs is 1. The summed E-state index contributed by atoms with van der Waals surface area (Å²) in [6, 6.07) is 13.2. The van der Waals surface area contributed by atoms with E-state index in [-0.39, 0.29) is 5.56 Å². The summed E-state index contributed by atoms with van der Waals surface area (Å²) in [6.45, 7) is 2.02. The quantitative estimate of drug-likeness (QED) is 0.689. The number of carboxylic acid groups (broad SMARTS) is 1. The third-order valence-corrected chi connectivity index (χ3v) is 4.10. The molecule has 4 nitrogen and oxygen atoms in total. The topological polar surface area (TPSA) is 55.1 Å². The molecule has 3 rings (SSSR count). The molecule has 0 atom stereocenters. The van der Waals surface area contributed by atoms with Gasteiger partial charge in [-0.05, 0) is 59.0 Å². The molecule has 0 saturated carbocycles. The number of halogens is 1. The van der Waals surface area contributed by atoms with Gasteiger partial charge in [0.15, 0.2) is 0 Å². The van der Waals surface area contributed by atoms with Gasteiger partial charge in [-0.15, -0.1) is 0 Å².